The Labute approximate surface area is 97.1 Å². The molecule has 2 heteroatoms. The van der Waals surface area contributed by atoms with Gasteiger partial charge in [0.2, 0.25) is 0 Å². The molecule has 0 unspecified atom stereocenters. The van der Waals surface area contributed by atoms with Gasteiger partial charge in [-0.15, -0.1) is 0 Å². The number of carbonyl (C=O) groups excluding carboxylic acids is 1. The Hall–Kier alpha value is -0.790. The first-order valence-electron chi connectivity index (χ1n) is 6.44. The molecule has 2 fully saturated rings. The van der Waals surface area contributed by atoms with E-state index in [1.807, 2.05) is 0 Å². The Morgan fingerprint density at radius 1 is 1.56 bits per heavy atom. The summed E-state index contributed by atoms with van der Waals surface area (Å²) in [6.45, 7) is 5.18. The van der Waals surface area contributed by atoms with E-state index in [0.717, 1.165) is 18.3 Å². The van der Waals surface area contributed by atoms with Crippen LogP contribution in [0.5, 0.6) is 0 Å². The summed E-state index contributed by atoms with van der Waals surface area (Å²) >= 11 is 0. The maximum atomic E-state index is 10.7. The molecule has 0 aromatic heterocycles. The van der Waals surface area contributed by atoms with Crippen LogP contribution >= 0.6 is 0 Å². The molecule has 5 atom stereocenters. The summed E-state index contributed by atoms with van der Waals surface area (Å²) in [6, 6.07) is 0. The number of hydrogen-bond acceptors (Lipinski definition) is 2. The lowest BCUT2D eigenvalue weighted by atomic mass is 9.68. The van der Waals surface area contributed by atoms with Gasteiger partial charge in [-0.3, -0.25) is 4.79 Å². The fourth-order valence-corrected chi connectivity index (χ4v) is 4.82. The first-order chi connectivity index (χ1) is 7.69. The van der Waals surface area contributed by atoms with Crippen LogP contribution in [0.1, 0.15) is 39.5 Å². The Morgan fingerprint density at radius 2 is 2.38 bits per heavy atom. The maximum Gasteiger partial charge on any atom is 0.293 e. The quantitative estimate of drug-likeness (QED) is 0.528. The molecule has 0 heterocycles. The second-order valence-corrected chi connectivity index (χ2v) is 6.01. The van der Waals surface area contributed by atoms with Gasteiger partial charge in [-0.2, -0.15) is 0 Å². The predicted octanol–water partition coefficient (Wildman–Crippen LogP) is 2.93. The molecule has 3 aliphatic carbocycles. The molecule has 0 aliphatic heterocycles. The van der Waals surface area contributed by atoms with Crippen molar-refractivity contribution in [3.63, 3.8) is 0 Å². The van der Waals surface area contributed by atoms with E-state index in [1.165, 1.54) is 24.8 Å². The molecule has 0 amide bonds. The van der Waals surface area contributed by atoms with Gasteiger partial charge in [0, 0.05) is 5.41 Å². The smallest absolute Gasteiger partial charge is 0.293 e. The van der Waals surface area contributed by atoms with Crippen LogP contribution in [0.3, 0.4) is 0 Å². The third kappa shape index (κ3) is 1.11. The molecule has 0 aromatic carbocycles. The van der Waals surface area contributed by atoms with E-state index >= 15 is 0 Å². The van der Waals surface area contributed by atoms with Crippen molar-refractivity contribution in [3.8, 4) is 0 Å². The molecule has 0 radical (unpaired) electrons. The van der Waals surface area contributed by atoms with Crippen molar-refractivity contribution in [3.05, 3.63) is 11.6 Å². The maximum absolute atomic E-state index is 10.7. The molecule has 0 N–H and O–H groups in total. The Balaban J connectivity index is 1.97. The van der Waals surface area contributed by atoms with Gasteiger partial charge in [-0.05, 0) is 50.4 Å². The van der Waals surface area contributed by atoms with Crippen LogP contribution in [0.4, 0.5) is 0 Å². The molecular formula is C14H20O2. The lowest BCUT2D eigenvalue weighted by molar-refractivity contribution is -0.144. The average Bonchev–Trinajstić information content (AvgIpc) is 2.73. The fraction of sp³-hybridized carbons (Fsp3) is 0.786. The van der Waals surface area contributed by atoms with Crippen molar-refractivity contribution in [2.24, 2.45) is 23.2 Å². The van der Waals surface area contributed by atoms with Gasteiger partial charge in [-0.1, -0.05) is 18.6 Å². The Kier molecular flexibility index (Phi) is 2.17. The number of carbonyl (C=O) groups is 1. The van der Waals surface area contributed by atoms with Crippen molar-refractivity contribution in [2.75, 3.05) is 0 Å². The standard InChI is InChI=1S/C14H20O2/c1-9-3-5-14-6-4-11(12(14)7-9)10(2)13(14)16-8-15/h3,8,10-13H,4-7H2,1-2H3/t10-,11-,12-,13-,14+/m1/s1. The van der Waals surface area contributed by atoms with Crippen LogP contribution in [0.2, 0.25) is 0 Å². The van der Waals surface area contributed by atoms with Crippen LogP contribution in [-0.4, -0.2) is 12.6 Å². The monoisotopic (exact) mass is 220 g/mol. The lowest BCUT2D eigenvalue weighted by Gasteiger charge is -2.40. The van der Waals surface area contributed by atoms with Crippen molar-refractivity contribution in [1.82, 2.24) is 0 Å². The van der Waals surface area contributed by atoms with E-state index in [4.69, 9.17) is 4.74 Å². The SMILES string of the molecule is CC1=CC[C@@]23CC[C@H]([C@@H](C)[C@H]2OC=O)[C@H]3C1. The molecule has 3 rings (SSSR count). The lowest BCUT2D eigenvalue weighted by Crippen LogP contribution is -2.39. The summed E-state index contributed by atoms with van der Waals surface area (Å²) in [5.74, 6) is 2.12. The second kappa shape index (κ2) is 3.35. The van der Waals surface area contributed by atoms with Gasteiger partial charge in [0.05, 0.1) is 0 Å². The normalized spacial score (nSPS) is 49.8. The minimum absolute atomic E-state index is 0.179. The van der Waals surface area contributed by atoms with E-state index in [9.17, 15) is 4.79 Å². The molecule has 2 bridgehead atoms. The van der Waals surface area contributed by atoms with Crippen molar-refractivity contribution in [2.45, 2.75) is 45.6 Å². The highest BCUT2D eigenvalue weighted by atomic mass is 16.5. The van der Waals surface area contributed by atoms with E-state index in [1.54, 1.807) is 0 Å². The minimum Gasteiger partial charge on any atom is -0.464 e. The summed E-state index contributed by atoms with van der Waals surface area (Å²) in [6.07, 6.45) is 7.51. The molecule has 3 aliphatic rings. The van der Waals surface area contributed by atoms with E-state index in [2.05, 4.69) is 19.9 Å². The van der Waals surface area contributed by atoms with Gasteiger partial charge in [-0.25, -0.2) is 0 Å². The van der Waals surface area contributed by atoms with Crippen molar-refractivity contribution >= 4 is 6.47 Å². The highest BCUT2D eigenvalue weighted by Gasteiger charge is 2.63. The molecule has 2 nitrogen and oxygen atoms in total. The third-order valence-corrected chi connectivity index (χ3v) is 5.49. The van der Waals surface area contributed by atoms with E-state index < -0.39 is 0 Å². The molecule has 0 aromatic rings. The van der Waals surface area contributed by atoms with Crippen molar-refractivity contribution in [1.29, 1.82) is 0 Å². The van der Waals surface area contributed by atoms with Crippen LogP contribution in [0.15, 0.2) is 11.6 Å². The van der Waals surface area contributed by atoms with Crippen LogP contribution < -0.4 is 0 Å². The number of allylic oxidation sites excluding steroid dienone is 2. The van der Waals surface area contributed by atoms with Crippen LogP contribution in [0, 0.1) is 23.2 Å². The van der Waals surface area contributed by atoms with Crippen LogP contribution in [0.25, 0.3) is 0 Å². The summed E-state index contributed by atoms with van der Waals surface area (Å²) in [7, 11) is 0. The summed E-state index contributed by atoms with van der Waals surface area (Å²) in [4.78, 5) is 10.7. The first-order valence-corrected chi connectivity index (χ1v) is 6.44. The Morgan fingerprint density at radius 3 is 3.12 bits per heavy atom. The van der Waals surface area contributed by atoms with Gasteiger partial charge >= 0.3 is 0 Å². The molecule has 16 heavy (non-hydrogen) atoms. The average molecular weight is 220 g/mol. The zero-order valence-electron chi connectivity index (χ0n) is 10.1. The van der Waals surface area contributed by atoms with Crippen LogP contribution in [-0.2, 0) is 9.53 Å². The molecule has 88 valence electrons. The minimum atomic E-state index is 0.179. The molecular weight excluding hydrogens is 200 g/mol. The molecule has 0 saturated heterocycles. The first kappa shape index (κ1) is 10.4. The molecule has 2 saturated carbocycles. The third-order valence-electron chi connectivity index (χ3n) is 5.49. The summed E-state index contributed by atoms with van der Waals surface area (Å²) in [5.41, 5.74) is 1.83. The van der Waals surface area contributed by atoms with Gasteiger partial charge in [0.25, 0.3) is 6.47 Å². The number of ether oxygens (including phenoxy) is 1. The number of hydrogen-bond donors (Lipinski definition) is 0. The van der Waals surface area contributed by atoms with Gasteiger partial charge in [0.1, 0.15) is 6.10 Å². The zero-order chi connectivity index (χ0) is 11.3. The summed E-state index contributed by atoms with van der Waals surface area (Å²) < 4.78 is 5.43. The van der Waals surface area contributed by atoms with E-state index in [0.29, 0.717) is 17.8 Å². The largest absolute Gasteiger partial charge is 0.464 e. The fourth-order valence-electron chi connectivity index (χ4n) is 4.82. The Bertz CT molecular complexity index is 347. The summed E-state index contributed by atoms with van der Waals surface area (Å²) in [5, 5.41) is 0. The zero-order valence-corrected chi connectivity index (χ0v) is 10.1. The van der Waals surface area contributed by atoms with Gasteiger partial charge in [0.15, 0.2) is 0 Å². The van der Waals surface area contributed by atoms with Gasteiger partial charge < -0.3 is 4.74 Å². The predicted molar refractivity (Wildman–Crippen MR) is 61.7 cm³/mol. The topological polar surface area (TPSA) is 26.3 Å². The second-order valence-electron chi connectivity index (χ2n) is 6.01. The van der Waals surface area contributed by atoms with E-state index in [-0.39, 0.29) is 6.10 Å². The highest BCUT2D eigenvalue weighted by Crippen LogP contribution is 2.66. The highest BCUT2D eigenvalue weighted by molar-refractivity contribution is 5.39. The number of rotatable bonds is 2. The van der Waals surface area contributed by atoms with Crippen molar-refractivity contribution < 1.29 is 9.53 Å². The molecule has 0 spiro atoms.